The first-order valence-electron chi connectivity index (χ1n) is 6.21. The lowest BCUT2D eigenvalue weighted by Gasteiger charge is -2.04. The van der Waals surface area contributed by atoms with Gasteiger partial charge in [0.05, 0.1) is 12.7 Å². The van der Waals surface area contributed by atoms with E-state index in [0.29, 0.717) is 11.4 Å². The Kier molecular flexibility index (Phi) is 3.46. The minimum Gasteiger partial charge on any atom is -0.469 e. The van der Waals surface area contributed by atoms with E-state index in [1.807, 2.05) is 0 Å². The number of nitrogens with zero attached hydrogens (tertiary/aromatic N) is 2. The Bertz CT molecular complexity index is 781. The van der Waals surface area contributed by atoms with Crippen molar-refractivity contribution in [1.29, 1.82) is 0 Å². The highest BCUT2D eigenvalue weighted by Crippen LogP contribution is 2.12. The van der Waals surface area contributed by atoms with Crippen LogP contribution >= 0.6 is 0 Å². The molecule has 0 spiro atoms. The zero-order chi connectivity index (χ0) is 14.7. The van der Waals surface area contributed by atoms with Crippen LogP contribution in [0.2, 0.25) is 0 Å². The largest absolute Gasteiger partial charge is 0.469 e. The van der Waals surface area contributed by atoms with E-state index < -0.39 is 0 Å². The molecule has 0 saturated carbocycles. The van der Waals surface area contributed by atoms with Crippen molar-refractivity contribution < 1.29 is 8.81 Å². The first-order chi connectivity index (χ1) is 10.2. The molecule has 0 aliphatic heterocycles. The van der Waals surface area contributed by atoms with E-state index in [1.54, 1.807) is 12.1 Å². The van der Waals surface area contributed by atoms with E-state index in [1.165, 1.54) is 30.5 Å². The van der Waals surface area contributed by atoms with Gasteiger partial charge >= 0.3 is 0 Å². The van der Waals surface area contributed by atoms with Gasteiger partial charge in [0.25, 0.3) is 5.56 Å². The van der Waals surface area contributed by atoms with Crippen LogP contribution in [0.1, 0.15) is 11.5 Å². The highest BCUT2D eigenvalue weighted by molar-refractivity contribution is 5.52. The minimum atomic E-state index is -0.356. The van der Waals surface area contributed by atoms with Gasteiger partial charge in [-0.05, 0) is 36.4 Å². The number of hydrogen-bond donors (Lipinski definition) is 2. The van der Waals surface area contributed by atoms with Crippen molar-refractivity contribution in [1.82, 2.24) is 15.2 Å². The molecule has 0 amide bonds. The zero-order valence-corrected chi connectivity index (χ0v) is 10.8. The van der Waals surface area contributed by atoms with Gasteiger partial charge in [-0.15, -0.1) is 10.2 Å². The molecule has 0 atom stereocenters. The Morgan fingerprint density at radius 1 is 1.19 bits per heavy atom. The smallest absolute Gasteiger partial charge is 0.274 e. The van der Waals surface area contributed by atoms with Gasteiger partial charge < -0.3 is 9.73 Å². The van der Waals surface area contributed by atoms with E-state index in [4.69, 9.17) is 4.42 Å². The summed E-state index contributed by atoms with van der Waals surface area (Å²) in [7, 11) is 0. The standard InChI is InChI=1S/C14H11FN4O2/c15-9-3-5-10(6-4-9)16-14-17-13(20)12(18-19-14)8-11-2-1-7-21-11/h1-7H,8H2,(H2,16,17,19,20). The van der Waals surface area contributed by atoms with Crippen molar-refractivity contribution in [3.63, 3.8) is 0 Å². The number of benzene rings is 1. The molecule has 3 rings (SSSR count). The highest BCUT2D eigenvalue weighted by atomic mass is 19.1. The summed E-state index contributed by atoms with van der Waals surface area (Å²) >= 11 is 0. The molecule has 21 heavy (non-hydrogen) atoms. The van der Waals surface area contributed by atoms with E-state index in [0.717, 1.165) is 0 Å². The number of halogens is 1. The molecule has 0 fully saturated rings. The van der Waals surface area contributed by atoms with Crippen LogP contribution in [0.25, 0.3) is 0 Å². The second kappa shape index (κ2) is 5.58. The molecule has 1 aromatic carbocycles. The average Bonchev–Trinajstić information content (AvgIpc) is 2.97. The molecule has 3 aromatic rings. The Balaban J connectivity index is 1.77. The molecule has 6 nitrogen and oxygen atoms in total. The number of nitrogens with one attached hydrogen (secondary N) is 2. The third-order valence-electron chi connectivity index (χ3n) is 2.79. The molecular formula is C14H11FN4O2. The fraction of sp³-hybridized carbons (Fsp3) is 0.0714. The van der Waals surface area contributed by atoms with Crippen LogP contribution in [0.5, 0.6) is 0 Å². The summed E-state index contributed by atoms with van der Waals surface area (Å²) in [6.45, 7) is 0. The number of aromatic amines is 1. The zero-order valence-electron chi connectivity index (χ0n) is 10.8. The summed E-state index contributed by atoms with van der Waals surface area (Å²) in [5.74, 6) is 0.484. The first kappa shape index (κ1) is 13.0. The normalized spacial score (nSPS) is 10.5. The molecule has 0 aliphatic rings. The molecule has 2 aromatic heterocycles. The van der Waals surface area contributed by atoms with Crippen molar-refractivity contribution in [2.75, 3.05) is 5.32 Å². The lowest BCUT2D eigenvalue weighted by molar-refractivity contribution is 0.517. The predicted molar refractivity (Wildman–Crippen MR) is 73.8 cm³/mol. The quantitative estimate of drug-likeness (QED) is 0.768. The maximum atomic E-state index is 12.8. The molecule has 106 valence electrons. The Morgan fingerprint density at radius 3 is 2.67 bits per heavy atom. The van der Waals surface area contributed by atoms with Gasteiger partial charge in [0.2, 0.25) is 5.95 Å². The monoisotopic (exact) mass is 286 g/mol. The lowest BCUT2D eigenvalue weighted by atomic mass is 10.2. The fourth-order valence-corrected chi connectivity index (χ4v) is 1.78. The van der Waals surface area contributed by atoms with Crippen LogP contribution < -0.4 is 10.9 Å². The van der Waals surface area contributed by atoms with Crippen LogP contribution in [-0.2, 0) is 6.42 Å². The van der Waals surface area contributed by atoms with Gasteiger partial charge in [-0.25, -0.2) is 4.39 Å². The summed E-state index contributed by atoms with van der Waals surface area (Å²) < 4.78 is 18.0. The molecule has 2 N–H and O–H groups in total. The summed E-state index contributed by atoms with van der Waals surface area (Å²) in [6, 6.07) is 9.17. The Labute approximate surface area is 118 Å². The third kappa shape index (κ3) is 3.14. The average molecular weight is 286 g/mol. The topological polar surface area (TPSA) is 83.8 Å². The molecule has 2 heterocycles. The molecule has 0 aliphatic carbocycles. The molecule has 0 saturated heterocycles. The summed E-state index contributed by atoms with van der Waals surface area (Å²) in [4.78, 5) is 14.5. The van der Waals surface area contributed by atoms with Crippen molar-refractivity contribution in [3.05, 3.63) is 70.3 Å². The van der Waals surface area contributed by atoms with Crippen LogP contribution in [0.4, 0.5) is 16.0 Å². The van der Waals surface area contributed by atoms with Crippen molar-refractivity contribution >= 4 is 11.6 Å². The van der Waals surface area contributed by atoms with Gasteiger partial charge in [-0.1, -0.05) is 0 Å². The highest BCUT2D eigenvalue weighted by Gasteiger charge is 2.08. The van der Waals surface area contributed by atoms with E-state index in [-0.39, 0.29) is 29.4 Å². The molecule has 0 bridgehead atoms. The molecule has 0 unspecified atom stereocenters. The Hall–Kier alpha value is -2.96. The number of H-pyrrole nitrogens is 1. The van der Waals surface area contributed by atoms with Gasteiger partial charge in [-0.2, -0.15) is 0 Å². The van der Waals surface area contributed by atoms with Crippen LogP contribution in [0.3, 0.4) is 0 Å². The SMILES string of the molecule is O=c1[nH]c(Nc2ccc(F)cc2)nnc1Cc1ccco1. The number of aromatic nitrogens is 3. The fourth-order valence-electron chi connectivity index (χ4n) is 1.78. The summed E-state index contributed by atoms with van der Waals surface area (Å²) in [5.41, 5.74) is 0.501. The van der Waals surface area contributed by atoms with Gasteiger partial charge in [0, 0.05) is 5.69 Å². The van der Waals surface area contributed by atoms with Gasteiger partial charge in [-0.3, -0.25) is 9.78 Å². The second-order valence-corrected chi connectivity index (χ2v) is 4.34. The van der Waals surface area contributed by atoms with Gasteiger partial charge in [0.1, 0.15) is 17.3 Å². The van der Waals surface area contributed by atoms with Crippen LogP contribution in [0.15, 0.2) is 51.9 Å². The van der Waals surface area contributed by atoms with Crippen LogP contribution in [-0.4, -0.2) is 15.2 Å². The van der Waals surface area contributed by atoms with Crippen molar-refractivity contribution in [2.24, 2.45) is 0 Å². The van der Waals surface area contributed by atoms with E-state index >= 15 is 0 Å². The molecule has 7 heteroatoms. The maximum absolute atomic E-state index is 12.8. The minimum absolute atomic E-state index is 0.190. The van der Waals surface area contributed by atoms with Gasteiger partial charge in [0.15, 0.2) is 0 Å². The molecular weight excluding hydrogens is 275 g/mol. The predicted octanol–water partition coefficient (Wildman–Crippen LogP) is 2.23. The number of furan rings is 1. The van der Waals surface area contributed by atoms with E-state index in [9.17, 15) is 9.18 Å². The van der Waals surface area contributed by atoms with Crippen LogP contribution in [0, 0.1) is 5.82 Å². The summed E-state index contributed by atoms with van der Waals surface area (Å²) in [6.07, 6.45) is 1.80. The number of hydrogen-bond acceptors (Lipinski definition) is 5. The lowest BCUT2D eigenvalue weighted by Crippen LogP contribution is -2.18. The third-order valence-corrected chi connectivity index (χ3v) is 2.79. The van der Waals surface area contributed by atoms with E-state index in [2.05, 4.69) is 20.5 Å². The maximum Gasteiger partial charge on any atom is 0.274 e. The number of rotatable bonds is 4. The number of anilines is 2. The van der Waals surface area contributed by atoms with Crippen molar-refractivity contribution in [2.45, 2.75) is 6.42 Å². The molecule has 0 radical (unpaired) electrons. The summed E-state index contributed by atoms with van der Waals surface area (Å²) in [5, 5.41) is 10.6. The Morgan fingerprint density at radius 2 is 2.00 bits per heavy atom. The second-order valence-electron chi connectivity index (χ2n) is 4.34. The first-order valence-corrected chi connectivity index (χ1v) is 6.21. The van der Waals surface area contributed by atoms with Crippen molar-refractivity contribution in [3.8, 4) is 0 Å².